The monoisotopic (exact) mass is 603 g/mol. The van der Waals surface area contributed by atoms with Gasteiger partial charge in [-0.3, -0.25) is 14.3 Å². The summed E-state index contributed by atoms with van der Waals surface area (Å²) in [5, 5.41) is 7.09. The topological polar surface area (TPSA) is 180 Å². The normalized spacial score (nSPS) is 14.7. The number of piperazine rings is 1. The number of sulfonamides is 1. The number of primary amides is 1. The molecule has 4 heterocycles. The van der Waals surface area contributed by atoms with Crippen molar-refractivity contribution in [2.24, 2.45) is 12.8 Å². The third kappa shape index (κ3) is 6.61. The number of rotatable bonds is 13. The van der Waals surface area contributed by atoms with Crippen LogP contribution in [0.1, 0.15) is 46.2 Å². The molecule has 0 aromatic carbocycles. The number of carbonyl (C=O) groups excluding carboxylic acids is 2. The van der Waals surface area contributed by atoms with E-state index in [2.05, 4.69) is 25.3 Å². The van der Waals surface area contributed by atoms with Crippen LogP contribution in [0.15, 0.2) is 29.6 Å². The van der Waals surface area contributed by atoms with Crippen molar-refractivity contribution in [1.29, 1.82) is 0 Å². The fourth-order valence-electron chi connectivity index (χ4n) is 4.66. The molecular weight excluding hydrogens is 566 g/mol. The lowest BCUT2D eigenvalue weighted by Crippen LogP contribution is -2.48. The second kappa shape index (κ2) is 13.4. The molecule has 1 saturated heterocycles. The molecule has 0 radical (unpaired) electrons. The van der Waals surface area contributed by atoms with Crippen molar-refractivity contribution in [3.05, 3.63) is 47.4 Å². The van der Waals surface area contributed by atoms with Gasteiger partial charge in [0.05, 0.1) is 30.7 Å². The Morgan fingerprint density at radius 3 is 2.45 bits per heavy atom. The summed E-state index contributed by atoms with van der Waals surface area (Å²) in [6.07, 6.45) is 5.00. The van der Waals surface area contributed by atoms with Gasteiger partial charge in [0.2, 0.25) is 15.9 Å². The van der Waals surface area contributed by atoms with Crippen LogP contribution in [0.4, 0.5) is 5.69 Å². The zero-order valence-electron chi connectivity index (χ0n) is 24.2. The number of nitrogens with one attached hydrogen (secondary N) is 1. The Morgan fingerprint density at radius 1 is 1.12 bits per heavy atom. The van der Waals surface area contributed by atoms with Gasteiger partial charge in [0.15, 0.2) is 5.69 Å². The number of anilines is 1. The molecule has 0 atom stereocenters. The third-order valence-electron chi connectivity index (χ3n) is 7.09. The molecule has 3 aromatic heterocycles. The van der Waals surface area contributed by atoms with Crippen LogP contribution in [0, 0.1) is 0 Å². The maximum atomic E-state index is 13.7. The number of hydrogen-bond acceptors (Lipinski definition) is 10. The van der Waals surface area contributed by atoms with E-state index in [1.165, 1.54) is 23.7 Å². The molecular formula is C26H37N9O6S. The van der Waals surface area contributed by atoms with E-state index in [1.54, 1.807) is 17.1 Å². The average molecular weight is 604 g/mol. The average Bonchev–Trinajstić information content (AvgIpc) is 3.55. The zero-order chi connectivity index (χ0) is 30.4. The number of hydrogen-bond donors (Lipinski definition) is 2. The molecule has 3 N–H and O–H groups in total. The van der Waals surface area contributed by atoms with Crippen molar-refractivity contribution in [2.75, 3.05) is 58.4 Å². The van der Waals surface area contributed by atoms with E-state index >= 15 is 0 Å². The predicted octanol–water partition coefficient (Wildman–Crippen LogP) is 0.325. The highest BCUT2D eigenvalue weighted by molar-refractivity contribution is 7.89. The highest BCUT2D eigenvalue weighted by Crippen LogP contribution is 2.27. The van der Waals surface area contributed by atoms with Crippen LogP contribution in [0.2, 0.25) is 0 Å². The van der Waals surface area contributed by atoms with Gasteiger partial charge in [-0.1, -0.05) is 13.8 Å². The standard InChI is InChI=1S/C26H37N9O6S/c1-5-20-22(23(24(27)36)31-35(20)17-21-28-7-8-32(21)3)30-25(37)19-15-18(16-29-26(19)41-14-13-40-4)42(38,39)34-11-9-33(6-2)10-12-34/h7-8,15-16H,5-6,9-14,17H2,1-4H3,(H2,27,36)(H,30,37). The van der Waals surface area contributed by atoms with Crippen molar-refractivity contribution in [3.8, 4) is 5.88 Å². The van der Waals surface area contributed by atoms with Crippen LogP contribution in [0.25, 0.3) is 0 Å². The maximum Gasteiger partial charge on any atom is 0.271 e. The first-order valence-electron chi connectivity index (χ1n) is 13.6. The quantitative estimate of drug-likeness (QED) is 0.259. The Morgan fingerprint density at radius 2 is 1.86 bits per heavy atom. The fraction of sp³-hybridized carbons (Fsp3) is 0.500. The van der Waals surface area contributed by atoms with E-state index < -0.39 is 21.8 Å². The summed E-state index contributed by atoms with van der Waals surface area (Å²) >= 11 is 0. The van der Waals surface area contributed by atoms with Crippen LogP contribution in [0.3, 0.4) is 0 Å². The maximum absolute atomic E-state index is 13.7. The van der Waals surface area contributed by atoms with Crippen LogP contribution in [-0.4, -0.2) is 107 Å². The molecule has 0 spiro atoms. The minimum absolute atomic E-state index is 0.0726. The van der Waals surface area contributed by atoms with Gasteiger partial charge in [-0.15, -0.1) is 0 Å². The first kappa shape index (κ1) is 31.1. The van der Waals surface area contributed by atoms with Gasteiger partial charge in [-0.2, -0.15) is 9.40 Å². The van der Waals surface area contributed by atoms with E-state index in [-0.39, 0.29) is 47.5 Å². The lowest BCUT2D eigenvalue weighted by molar-refractivity contribution is 0.0995. The summed E-state index contributed by atoms with van der Waals surface area (Å²) in [7, 11) is -0.614. The number of nitrogens with two attached hydrogens (primary N) is 1. The number of aryl methyl sites for hydroxylation is 1. The number of aromatic nitrogens is 5. The predicted molar refractivity (Wildman–Crippen MR) is 153 cm³/mol. The Kier molecular flexibility index (Phi) is 9.93. The number of ether oxygens (including phenoxy) is 2. The highest BCUT2D eigenvalue weighted by atomic mass is 32.2. The summed E-state index contributed by atoms with van der Waals surface area (Å²) in [6.45, 7) is 7.07. The summed E-state index contributed by atoms with van der Waals surface area (Å²) in [5.41, 5.74) is 6.03. The number of imidazole rings is 1. The highest BCUT2D eigenvalue weighted by Gasteiger charge is 2.31. The molecule has 4 rings (SSSR count). The van der Waals surface area contributed by atoms with E-state index in [4.69, 9.17) is 15.2 Å². The zero-order valence-corrected chi connectivity index (χ0v) is 25.1. The van der Waals surface area contributed by atoms with Crippen LogP contribution in [-0.2, 0) is 34.8 Å². The van der Waals surface area contributed by atoms with Gasteiger partial charge in [-0.05, 0) is 19.0 Å². The molecule has 42 heavy (non-hydrogen) atoms. The van der Waals surface area contributed by atoms with Gasteiger partial charge in [0.25, 0.3) is 11.8 Å². The molecule has 15 nitrogen and oxygen atoms in total. The van der Waals surface area contributed by atoms with Gasteiger partial charge < -0.3 is 30.0 Å². The lowest BCUT2D eigenvalue weighted by Gasteiger charge is -2.33. The van der Waals surface area contributed by atoms with Crippen molar-refractivity contribution in [1.82, 2.24) is 33.5 Å². The van der Waals surface area contributed by atoms with Crippen LogP contribution >= 0.6 is 0 Å². The second-order valence-electron chi connectivity index (χ2n) is 9.66. The van der Waals surface area contributed by atoms with Gasteiger partial charge in [0.1, 0.15) is 22.9 Å². The summed E-state index contributed by atoms with van der Waals surface area (Å²) in [6, 6.07) is 1.24. The first-order chi connectivity index (χ1) is 20.1. The minimum atomic E-state index is -3.94. The Balaban J connectivity index is 1.70. The lowest BCUT2D eigenvalue weighted by atomic mass is 10.2. The molecule has 3 aromatic rings. The molecule has 16 heteroatoms. The minimum Gasteiger partial charge on any atom is -0.475 e. The van der Waals surface area contributed by atoms with E-state index in [9.17, 15) is 18.0 Å². The molecule has 1 aliphatic heterocycles. The van der Waals surface area contributed by atoms with E-state index in [0.717, 1.165) is 6.54 Å². The molecule has 2 amide bonds. The fourth-order valence-corrected chi connectivity index (χ4v) is 6.06. The molecule has 1 fully saturated rings. The Hall–Kier alpha value is -3.86. The van der Waals surface area contributed by atoms with Crippen molar-refractivity contribution < 1.29 is 27.5 Å². The number of pyridine rings is 1. The number of carbonyl (C=O) groups is 2. The Labute approximate surface area is 244 Å². The first-order valence-corrected chi connectivity index (χ1v) is 15.1. The molecule has 0 saturated carbocycles. The smallest absolute Gasteiger partial charge is 0.271 e. The van der Waals surface area contributed by atoms with Crippen LogP contribution < -0.4 is 15.8 Å². The molecule has 1 aliphatic rings. The van der Waals surface area contributed by atoms with Crippen molar-refractivity contribution in [2.45, 2.75) is 31.7 Å². The van der Waals surface area contributed by atoms with Crippen LogP contribution in [0.5, 0.6) is 5.88 Å². The number of amides is 2. The van der Waals surface area contributed by atoms with Crippen molar-refractivity contribution in [3.63, 3.8) is 0 Å². The van der Waals surface area contributed by atoms with E-state index in [1.807, 2.05) is 25.5 Å². The SMILES string of the molecule is CCc1c(NC(=O)c2cc(S(=O)(=O)N3CCN(CC)CC3)cnc2OCCOC)c(C(N)=O)nn1Cc1nccn1C. The summed E-state index contributed by atoms with van der Waals surface area (Å²) < 4.78 is 42.5. The van der Waals surface area contributed by atoms with Crippen molar-refractivity contribution >= 4 is 27.5 Å². The van der Waals surface area contributed by atoms with Gasteiger partial charge in [-0.25, -0.2) is 18.4 Å². The van der Waals surface area contributed by atoms with Gasteiger partial charge >= 0.3 is 0 Å². The Bertz CT molecular complexity index is 1530. The number of likely N-dealkylation sites (N-methyl/N-ethyl adjacent to an activating group) is 1. The molecule has 228 valence electrons. The van der Waals surface area contributed by atoms with E-state index in [0.29, 0.717) is 44.1 Å². The third-order valence-corrected chi connectivity index (χ3v) is 8.95. The summed E-state index contributed by atoms with van der Waals surface area (Å²) in [5.74, 6) is -0.984. The molecule has 0 bridgehead atoms. The largest absolute Gasteiger partial charge is 0.475 e. The number of nitrogens with zero attached hydrogens (tertiary/aromatic N) is 7. The molecule has 0 aliphatic carbocycles. The van der Waals surface area contributed by atoms with Gasteiger partial charge in [0, 0.05) is 52.7 Å². The number of methoxy groups -OCH3 is 1. The second-order valence-corrected chi connectivity index (χ2v) is 11.6. The summed E-state index contributed by atoms with van der Waals surface area (Å²) in [4.78, 5) is 36.6. The molecule has 0 unspecified atom stereocenters.